The molecule has 5 nitrogen and oxygen atoms in total. The minimum absolute atomic E-state index is 0.0158. The molecule has 2 atom stereocenters. The molecule has 0 spiro atoms. The highest BCUT2D eigenvalue weighted by atomic mass is 16.7. The van der Waals surface area contributed by atoms with Crippen molar-refractivity contribution in [2.24, 2.45) is 11.5 Å². The topological polar surface area (TPSA) is 82.5 Å². The summed E-state index contributed by atoms with van der Waals surface area (Å²) in [4.78, 5) is 0. The van der Waals surface area contributed by atoms with E-state index in [4.69, 9.17) is 20.9 Å². The van der Waals surface area contributed by atoms with Crippen LogP contribution in [0.3, 0.4) is 0 Å². The van der Waals surface area contributed by atoms with Gasteiger partial charge >= 0.3 is 0 Å². The van der Waals surface area contributed by atoms with Crippen molar-refractivity contribution < 1.29 is 9.47 Å². The SMILES string of the molecule is NCCNCC(N)COC1CCCCO1. The summed E-state index contributed by atoms with van der Waals surface area (Å²) in [6.45, 7) is 3.53. The van der Waals surface area contributed by atoms with Crippen LogP contribution in [0.1, 0.15) is 19.3 Å². The number of nitrogens with one attached hydrogen (secondary N) is 1. The van der Waals surface area contributed by atoms with Crippen molar-refractivity contribution in [2.75, 3.05) is 32.8 Å². The van der Waals surface area contributed by atoms with E-state index in [1.54, 1.807) is 0 Å². The zero-order chi connectivity index (χ0) is 10.9. The van der Waals surface area contributed by atoms with Crippen LogP contribution in [0.5, 0.6) is 0 Å². The van der Waals surface area contributed by atoms with E-state index in [9.17, 15) is 0 Å². The van der Waals surface area contributed by atoms with Crippen molar-refractivity contribution in [1.29, 1.82) is 0 Å². The van der Waals surface area contributed by atoms with Gasteiger partial charge in [0.05, 0.1) is 6.61 Å². The largest absolute Gasteiger partial charge is 0.353 e. The van der Waals surface area contributed by atoms with E-state index >= 15 is 0 Å². The quantitative estimate of drug-likeness (QED) is 0.496. The van der Waals surface area contributed by atoms with Crippen molar-refractivity contribution >= 4 is 0 Å². The van der Waals surface area contributed by atoms with Gasteiger partial charge in [0, 0.05) is 32.3 Å². The maximum Gasteiger partial charge on any atom is 0.157 e. The summed E-state index contributed by atoms with van der Waals surface area (Å²) in [6.07, 6.45) is 3.28. The zero-order valence-electron chi connectivity index (χ0n) is 9.28. The minimum atomic E-state index is -0.0423. The second-order valence-electron chi connectivity index (χ2n) is 3.88. The van der Waals surface area contributed by atoms with Gasteiger partial charge in [-0.3, -0.25) is 0 Å². The fourth-order valence-electron chi connectivity index (χ4n) is 1.52. The molecule has 1 aliphatic heterocycles. The molecule has 5 heteroatoms. The molecule has 0 aromatic heterocycles. The monoisotopic (exact) mass is 217 g/mol. The molecule has 0 aromatic carbocycles. The molecule has 90 valence electrons. The van der Waals surface area contributed by atoms with Crippen molar-refractivity contribution in [2.45, 2.75) is 31.6 Å². The summed E-state index contributed by atoms with van der Waals surface area (Å²) in [5.74, 6) is 0. The van der Waals surface area contributed by atoms with Crippen LogP contribution in [0.4, 0.5) is 0 Å². The van der Waals surface area contributed by atoms with Crippen molar-refractivity contribution in [3.05, 3.63) is 0 Å². The molecule has 1 rings (SSSR count). The van der Waals surface area contributed by atoms with E-state index in [1.807, 2.05) is 0 Å². The molecular formula is C10H23N3O2. The van der Waals surface area contributed by atoms with Crippen molar-refractivity contribution in [1.82, 2.24) is 5.32 Å². The van der Waals surface area contributed by atoms with Gasteiger partial charge in [-0.1, -0.05) is 0 Å². The lowest BCUT2D eigenvalue weighted by molar-refractivity contribution is -0.164. The van der Waals surface area contributed by atoms with Gasteiger partial charge < -0.3 is 26.3 Å². The molecule has 1 aliphatic rings. The molecule has 0 amide bonds. The Morgan fingerprint density at radius 1 is 1.47 bits per heavy atom. The molecule has 0 saturated carbocycles. The number of ether oxygens (including phenoxy) is 2. The highest BCUT2D eigenvalue weighted by molar-refractivity contribution is 4.65. The number of rotatable bonds is 7. The number of hydrogen-bond acceptors (Lipinski definition) is 5. The highest BCUT2D eigenvalue weighted by Gasteiger charge is 2.15. The highest BCUT2D eigenvalue weighted by Crippen LogP contribution is 2.13. The average Bonchev–Trinajstić information content (AvgIpc) is 2.28. The smallest absolute Gasteiger partial charge is 0.157 e. The molecule has 0 aliphatic carbocycles. The molecule has 1 fully saturated rings. The first kappa shape index (κ1) is 12.9. The van der Waals surface area contributed by atoms with Crippen molar-refractivity contribution in [3.63, 3.8) is 0 Å². The van der Waals surface area contributed by atoms with E-state index in [1.165, 1.54) is 6.42 Å². The third-order valence-electron chi connectivity index (χ3n) is 2.36. The van der Waals surface area contributed by atoms with Gasteiger partial charge in [0.25, 0.3) is 0 Å². The van der Waals surface area contributed by atoms with Gasteiger partial charge in [0.1, 0.15) is 0 Å². The Morgan fingerprint density at radius 2 is 2.33 bits per heavy atom. The van der Waals surface area contributed by atoms with Crippen LogP contribution in [-0.4, -0.2) is 45.2 Å². The Kier molecular flexibility index (Phi) is 6.87. The molecule has 2 unspecified atom stereocenters. The van der Waals surface area contributed by atoms with Gasteiger partial charge in [0.2, 0.25) is 0 Å². The summed E-state index contributed by atoms with van der Waals surface area (Å²) in [7, 11) is 0. The second kappa shape index (κ2) is 8.01. The fourth-order valence-corrected chi connectivity index (χ4v) is 1.52. The molecule has 1 saturated heterocycles. The lowest BCUT2D eigenvalue weighted by atomic mass is 10.2. The molecule has 5 N–H and O–H groups in total. The van der Waals surface area contributed by atoms with E-state index in [0.29, 0.717) is 13.2 Å². The summed E-state index contributed by atoms with van der Waals surface area (Å²) in [6, 6.07) is 0.0158. The predicted octanol–water partition coefficient (Wildman–Crippen LogP) is -0.595. The van der Waals surface area contributed by atoms with Crippen LogP contribution < -0.4 is 16.8 Å². The van der Waals surface area contributed by atoms with Gasteiger partial charge in [0.15, 0.2) is 6.29 Å². The van der Waals surface area contributed by atoms with Gasteiger partial charge in [-0.25, -0.2) is 0 Å². The lowest BCUT2D eigenvalue weighted by Crippen LogP contribution is -2.40. The summed E-state index contributed by atoms with van der Waals surface area (Å²) in [5, 5.41) is 3.15. The Labute approximate surface area is 91.5 Å². The molecule has 0 bridgehead atoms. The Hall–Kier alpha value is -0.200. The standard InChI is InChI=1S/C10H23N3O2/c11-4-5-13-7-9(12)8-15-10-3-1-2-6-14-10/h9-10,13H,1-8,11-12H2. The van der Waals surface area contributed by atoms with Crippen LogP contribution in [0.2, 0.25) is 0 Å². The summed E-state index contributed by atoms with van der Waals surface area (Å²) < 4.78 is 11.0. The molecule has 0 radical (unpaired) electrons. The minimum Gasteiger partial charge on any atom is -0.353 e. The normalized spacial score (nSPS) is 24.0. The first-order valence-electron chi connectivity index (χ1n) is 5.72. The summed E-state index contributed by atoms with van der Waals surface area (Å²) in [5.41, 5.74) is 11.2. The van der Waals surface area contributed by atoms with E-state index in [0.717, 1.165) is 32.5 Å². The first-order valence-corrected chi connectivity index (χ1v) is 5.72. The molecule has 15 heavy (non-hydrogen) atoms. The molecular weight excluding hydrogens is 194 g/mol. The average molecular weight is 217 g/mol. The van der Waals surface area contributed by atoms with E-state index < -0.39 is 0 Å². The third-order valence-corrected chi connectivity index (χ3v) is 2.36. The third kappa shape index (κ3) is 6.06. The maximum absolute atomic E-state index is 5.85. The van der Waals surface area contributed by atoms with Crippen molar-refractivity contribution in [3.8, 4) is 0 Å². The van der Waals surface area contributed by atoms with E-state index in [-0.39, 0.29) is 12.3 Å². The molecule has 0 aromatic rings. The van der Waals surface area contributed by atoms with E-state index in [2.05, 4.69) is 5.32 Å². The zero-order valence-corrected chi connectivity index (χ0v) is 9.28. The number of hydrogen-bond donors (Lipinski definition) is 3. The predicted molar refractivity (Wildman–Crippen MR) is 59.4 cm³/mol. The number of nitrogens with two attached hydrogens (primary N) is 2. The van der Waals surface area contributed by atoms with Crippen LogP contribution >= 0.6 is 0 Å². The Morgan fingerprint density at radius 3 is 3.00 bits per heavy atom. The van der Waals surface area contributed by atoms with Gasteiger partial charge in [-0.05, 0) is 19.3 Å². The Bertz CT molecular complexity index is 152. The van der Waals surface area contributed by atoms with Crippen LogP contribution in [0, 0.1) is 0 Å². The van der Waals surface area contributed by atoms with Crippen LogP contribution in [0.25, 0.3) is 0 Å². The van der Waals surface area contributed by atoms with Gasteiger partial charge in [-0.15, -0.1) is 0 Å². The van der Waals surface area contributed by atoms with Crippen LogP contribution in [0.15, 0.2) is 0 Å². The Balaban J connectivity index is 1.97. The maximum atomic E-state index is 5.85. The summed E-state index contributed by atoms with van der Waals surface area (Å²) >= 11 is 0. The lowest BCUT2D eigenvalue weighted by Gasteiger charge is -2.24. The molecule has 1 heterocycles. The van der Waals surface area contributed by atoms with Crippen LogP contribution in [-0.2, 0) is 9.47 Å². The second-order valence-corrected chi connectivity index (χ2v) is 3.88. The first-order chi connectivity index (χ1) is 7.33. The van der Waals surface area contributed by atoms with Gasteiger partial charge in [-0.2, -0.15) is 0 Å². The fraction of sp³-hybridized carbons (Fsp3) is 1.00.